The molecule has 0 unspecified atom stereocenters. The molecule has 0 aromatic rings. The average Bonchev–Trinajstić information content (AvgIpc) is 3.27. The molecule has 0 radical (unpaired) electrons. The van der Waals surface area contributed by atoms with Crippen LogP contribution in [-0.4, -0.2) is 80.8 Å². The van der Waals surface area contributed by atoms with E-state index in [0.717, 1.165) is 0 Å². The zero-order chi connectivity index (χ0) is 20.2. The second-order valence-electron chi connectivity index (χ2n) is 7.45. The Morgan fingerprint density at radius 1 is 1.36 bits per heavy atom. The van der Waals surface area contributed by atoms with E-state index in [1.165, 1.54) is 0 Å². The average molecular weight is 391 g/mol. The molecule has 2 fully saturated rings. The molecular weight excluding hydrogens is 366 g/mol. The van der Waals surface area contributed by atoms with Crippen molar-refractivity contribution in [2.45, 2.75) is 24.7 Å². The molecule has 0 aromatic carbocycles. The maximum Gasteiger partial charge on any atom is 0.404 e. The van der Waals surface area contributed by atoms with Crippen LogP contribution in [0.1, 0.15) is 6.92 Å². The number of piperazine rings is 1. The number of nitrogens with one attached hydrogen (secondary N) is 3. The second kappa shape index (κ2) is 6.57. The van der Waals surface area contributed by atoms with Crippen LogP contribution in [-0.2, 0) is 19.1 Å². The second-order valence-corrected chi connectivity index (χ2v) is 7.45. The molecule has 4 atom stereocenters. The molecule has 10 heteroatoms. The molecule has 0 bridgehead atoms. The first kappa shape index (κ1) is 18.9. The Balaban J connectivity index is 1.74. The number of amides is 1. The SMILES string of the molecule is CNCCNC1=C(C)C(=O)C2=C(C1=O)[C@@H](COC(N)=O)[C@@]1(OC)[C@H]3N[C@H]3CN21. The summed E-state index contributed by atoms with van der Waals surface area (Å²) in [4.78, 5) is 39.8. The summed E-state index contributed by atoms with van der Waals surface area (Å²) in [6, 6.07) is 0.124. The summed E-state index contributed by atoms with van der Waals surface area (Å²) in [7, 11) is 3.36. The van der Waals surface area contributed by atoms with Gasteiger partial charge in [-0.1, -0.05) is 0 Å². The number of likely N-dealkylation sites (N-methyl/N-ethyl adjacent to an activating group) is 1. The van der Waals surface area contributed by atoms with Crippen LogP contribution in [0.3, 0.4) is 0 Å². The minimum Gasteiger partial charge on any atom is -0.449 e. The highest BCUT2D eigenvalue weighted by molar-refractivity contribution is 6.25. The van der Waals surface area contributed by atoms with Gasteiger partial charge in [0.05, 0.1) is 23.4 Å². The molecule has 4 rings (SSSR count). The first-order valence-corrected chi connectivity index (χ1v) is 9.32. The Hall–Kier alpha value is -2.43. The maximum atomic E-state index is 13.4. The van der Waals surface area contributed by atoms with Crippen LogP contribution in [0.15, 0.2) is 22.5 Å². The monoisotopic (exact) mass is 391 g/mol. The Bertz CT molecular complexity index is 821. The van der Waals surface area contributed by atoms with Crippen LogP contribution in [0.2, 0.25) is 0 Å². The zero-order valence-electron chi connectivity index (χ0n) is 16.1. The number of methoxy groups -OCH3 is 1. The maximum absolute atomic E-state index is 13.4. The van der Waals surface area contributed by atoms with E-state index >= 15 is 0 Å². The third-order valence-corrected chi connectivity index (χ3v) is 6.10. The van der Waals surface area contributed by atoms with Gasteiger partial charge in [0.1, 0.15) is 6.61 Å². The van der Waals surface area contributed by atoms with Gasteiger partial charge in [0.25, 0.3) is 0 Å². The molecule has 5 N–H and O–H groups in total. The van der Waals surface area contributed by atoms with E-state index < -0.39 is 17.7 Å². The van der Waals surface area contributed by atoms with Gasteiger partial charge in [-0.3, -0.25) is 9.59 Å². The third-order valence-electron chi connectivity index (χ3n) is 6.10. The van der Waals surface area contributed by atoms with E-state index in [2.05, 4.69) is 16.0 Å². The lowest BCUT2D eigenvalue weighted by molar-refractivity contribution is -0.137. The molecule has 3 heterocycles. The fourth-order valence-electron chi connectivity index (χ4n) is 4.82. The van der Waals surface area contributed by atoms with Gasteiger partial charge >= 0.3 is 6.09 Å². The number of ketones is 2. The van der Waals surface area contributed by atoms with Crippen molar-refractivity contribution in [2.75, 3.05) is 40.4 Å². The van der Waals surface area contributed by atoms with Crippen LogP contribution in [0.4, 0.5) is 4.79 Å². The van der Waals surface area contributed by atoms with Gasteiger partial charge in [-0.05, 0) is 14.0 Å². The molecule has 0 spiro atoms. The first-order chi connectivity index (χ1) is 13.4. The standard InChI is InChI=1S/C18H25N5O5/c1-8-12(21-5-4-20-2)15(25)11-9(7-28-17(19)26)18(27-3)16-10(22-16)6-23(18)13(11)14(8)24/h9-10,16,20-22H,4-7H2,1-3H3,(H2,19,26)/t9-,10+,16+,18-/m1/s1. The highest BCUT2D eigenvalue weighted by atomic mass is 16.6. The number of carbonyl (C=O) groups excluding carboxylic acids is 3. The van der Waals surface area contributed by atoms with E-state index in [-0.39, 0.29) is 36.0 Å². The molecule has 28 heavy (non-hydrogen) atoms. The zero-order valence-corrected chi connectivity index (χ0v) is 16.1. The summed E-state index contributed by atoms with van der Waals surface area (Å²) in [6.07, 6.45) is -0.932. The fraction of sp³-hybridized carbons (Fsp3) is 0.611. The molecule has 0 saturated carbocycles. The van der Waals surface area contributed by atoms with Gasteiger partial charge in [-0.15, -0.1) is 0 Å². The molecule has 4 aliphatic rings. The molecule has 1 amide bonds. The van der Waals surface area contributed by atoms with E-state index in [1.807, 2.05) is 4.90 Å². The van der Waals surface area contributed by atoms with Crippen LogP contribution >= 0.6 is 0 Å². The minimum atomic E-state index is -0.948. The molecule has 0 aromatic heterocycles. The highest BCUT2D eigenvalue weighted by Crippen LogP contribution is 2.55. The van der Waals surface area contributed by atoms with Crippen molar-refractivity contribution in [3.05, 3.63) is 22.5 Å². The molecular formula is C18H25N5O5. The van der Waals surface area contributed by atoms with Crippen molar-refractivity contribution >= 4 is 17.7 Å². The third kappa shape index (κ3) is 2.41. The lowest BCUT2D eigenvalue weighted by Crippen LogP contribution is -2.55. The topological polar surface area (TPSA) is 145 Å². The van der Waals surface area contributed by atoms with Gasteiger partial charge < -0.3 is 36.1 Å². The molecule has 1 aliphatic carbocycles. The Morgan fingerprint density at radius 3 is 2.75 bits per heavy atom. The first-order valence-electron chi connectivity index (χ1n) is 9.32. The van der Waals surface area contributed by atoms with Crippen molar-refractivity contribution in [2.24, 2.45) is 11.7 Å². The molecule has 3 aliphatic heterocycles. The number of fused-ring (bicyclic) bond motifs is 4. The molecule has 152 valence electrons. The van der Waals surface area contributed by atoms with Crippen molar-refractivity contribution in [1.29, 1.82) is 0 Å². The van der Waals surface area contributed by atoms with Crippen molar-refractivity contribution in [3.8, 4) is 0 Å². The number of hydrogen-bond acceptors (Lipinski definition) is 9. The summed E-state index contributed by atoms with van der Waals surface area (Å²) < 4.78 is 11.0. The predicted molar refractivity (Wildman–Crippen MR) is 97.9 cm³/mol. The summed E-state index contributed by atoms with van der Waals surface area (Å²) in [5.41, 5.74) is 5.58. The smallest absolute Gasteiger partial charge is 0.404 e. The van der Waals surface area contributed by atoms with Crippen molar-refractivity contribution in [1.82, 2.24) is 20.9 Å². The van der Waals surface area contributed by atoms with Crippen molar-refractivity contribution in [3.63, 3.8) is 0 Å². The number of ether oxygens (including phenoxy) is 2. The van der Waals surface area contributed by atoms with Gasteiger partial charge in [0.15, 0.2) is 5.72 Å². The van der Waals surface area contributed by atoms with Crippen LogP contribution < -0.4 is 21.7 Å². The number of hydrogen-bond donors (Lipinski definition) is 4. The number of allylic oxidation sites excluding steroid dienone is 2. The number of nitrogens with zero attached hydrogens (tertiary/aromatic N) is 1. The number of rotatable bonds is 7. The van der Waals surface area contributed by atoms with Gasteiger partial charge in [-0.25, -0.2) is 4.79 Å². The number of nitrogens with two attached hydrogens (primary N) is 1. The van der Waals surface area contributed by atoms with Gasteiger partial charge in [0.2, 0.25) is 11.6 Å². The van der Waals surface area contributed by atoms with E-state index in [9.17, 15) is 14.4 Å². The Labute approximate surface area is 162 Å². The number of primary amides is 1. The van der Waals surface area contributed by atoms with Gasteiger partial charge in [-0.2, -0.15) is 0 Å². The Kier molecular flexibility index (Phi) is 4.44. The van der Waals surface area contributed by atoms with Gasteiger partial charge in [0, 0.05) is 43.9 Å². The highest BCUT2D eigenvalue weighted by Gasteiger charge is 2.72. The fourth-order valence-corrected chi connectivity index (χ4v) is 4.82. The van der Waals surface area contributed by atoms with E-state index in [4.69, 9.17) is 15.2 Å². The van der Waals surface area contributed by atoms with Crippen molar-refractivity contribution < 1.29 is 23.9 Å². The molecule has 2 saturated heterocycles. The van der Waals surface area contributed by atoms with Crippen LogP contribution in [0.25, 0.3) is 0 Å². The lowest BCUT2D eigenvalue weighted by atomic mass is 9.82. The minimum absolute atomic E-state index is 0.0498. The lowest BCUT2D eigenvalue weighted by Gasteiger charge is -2.39. The summed E-state index contributed by atoms with van der Waals surface area (Å²) in [5, 5.41) is 9.39. The van der Waals surface area contributed by atoms with E-state index in [1.54, 1.807) is 21.1 Å². The summed E-state index contributed by atoms with van der Waals surface area (Å²) >= 11 is 0. The molecule has 10 nitrogen and oxygen atoms in total. The largest absolute Gasteiger partial charge is 0.449 e. The van der Waals surface area contributed by atoms with E-state index in [0.29, 0.717) is 36.5 Å². The normalized spacial score (nSPS) is 33.1. The number of Topliss-reactive ketones (excluding diaryl/α,β-unsaturated/α-hetero) is 2. The summed E-state index contributed by atoms with van der Waals surface area (Å²) in [5.74, 6) is -1.08. The van der Waals surface area contributed by atoms with Crippen LogP contribution in [0, 0.1) is 5.92 Å². The predicted octanol–water partition coefficient (Wildman–Crippen LogP) is -1.80. The summed E-state index contributed by atoms with van der Waals surface area (Å²) in [6.45, 7) is 3.21. The quantitative estimate of drug-likeness (QED) is 0.224. The van der Waals surface area contributed by atoms with Crippen LogP contribution in [0.5, 0.6) is 0 Å². The Morgan fingerprint density at radius 2 is 2.11 bits per heavy atom. The number of carbonyl (C=O) groups is 3.